The molecule has 0 aromatic heterocycles. The molecule has 0 fully saturated rings. The highest BCUT2D eigenvalue weighted by Gasteiger charge is 2.23. The minimum Gasteiger partial charge on any atom is -0.493 e. The van der Waals surface area contributed by atoms with E-state index in [9.17, 15) is 9.59 Å². The molecule has 0 radical (unpaired) electrons. The van der Waals surface area contributed by atoms with Gasteiger partial charge in [-0.15, -0.1) is 0 Å². The lowest BCUT2D eigenvalue weighted by molar-refractivity contribution is -0.134. The molecule has 7 nitrogen and oxygen atoms in total. The summed E-state index contributed by atoms with van der Waals surface area (Å²) >= 11 is 0. The maximum Gasteiger partial charge on any atom is 0.223 e. The molecule has 0 saturated carbocycles. The molecule has 3 rings (SSSR count). The third-order valence-corrected chi connectivity index (χ3v) is 6.07. The number of anilines is 1. The summed E-state index contributed by atoms with van der Waals surface area (Å²) in [7, 11) is 4.71. The average Bonchev–Trinajstić information content (AvgIpc) is 2.89. The van der Waals surface area contributed by atoms with Crippen LogP contribution in [0.15, 0.2) is 66.7 Å². The number of hydrogen-bond donors (Lipinski definition) is 1. The summed E-state index contributed by atoms with van der Waals surface area (Å²) in [4.78, 5) is 27.0. The molecule has 0 spiro atoms. The van der Waals surface area contributed by atoms with Crippen LogP contribution in [-0.4, -0.2) is 38.0 Å². The predicted octanol–water partition coefficient (Wildman–Crippen LogP) is 5.39. The zero-order valence-corrected chi connectivity index (χ0v) is 21.5. The minimum atomic E-state index is -0.210. The monoisotopic (exact) mass is 490 g/mol. The first kappa shape index (κ1) is 26.6. The maximum absolute atomic E-state index is 13.6. The molecule has 3 aromatic carbocycles. The Hall–Kier alpha value is -4.00. The van der Waals surface area contributed by atoms with Crippen LogP contribution in [0.5, 0.6) is 17.2 Å². The van der Waals surface area contributed by atoms with Gasteiger partial charge in [-0.05, 0) is 48.2 Å². The highest BCUT2D eigenvalue weighted by Crippen LogP contribution is 2.40. The van der Waals surface area contributed by atoms with Crippen LogP contribution in [0.25, 0.3) is 0 Å². The third-order valence-electron chi connectivity index (χ3n) is 6.07. The van der Waals surface area contributed by atoms with Gasteiger partial charge in [-0.2, -0.15) is 0 Å². The number of aryl methyl sites for hydroxylation is 1. The Morgan fingerprint density at radius 2 is 1.61 bits per heavy atom. The van der Waals surface area contributed by atoms with Crippen molar-refractivity contribution in [3.63, 3.8) is 0 Å². The molecule has 0 aliphatic rings. The second kappa shape index (κ2) is 12.6. The zero-order valence-electron chi connectivity index (χ0n) is 21.5. The Balaban J connectivity index is 1.86. The maximum atomic E-state index is 13.6. The van der Waals surface area contributed by atoms with Crippen molar-refractivity contribution >= 4 is 17.5 Å². The topological polar surface area (TPSA) is 77.1 Å². The Bertz CT molecular complexity index is 1180. The van der Waals surface area contributed by atoms with Crippen molar-refractivity contribution in [1.29, 1.82) is 0 Å². The number of hydrogen-bond acceptors (Lipinski definition) is 5. The molecule has 0 aliphatic heterocycles. The molecule has 0 bridgehead atoms. The number of amides is 2. The van der Waals surface area contributed by atoms with E-state index in [0.717, 1.165) is 16.7 Å². The zero-order chi connectivity index (χ0) is 26.1. The standard InChI is InChI=1S/C29H34N2O5/c1-20(24-12-9-13-25(18-24)30-21(2)32)31(19-22-10-7-6-8-11-22)27(33)17-15-23-14-16-26(34-3)29(36-5)28(23)35-4/h6-14,16,18,20H,15,17,19H2,1-5H3,(H,30,32). The van der Waals surface area contributed by atoms with Crippen LogP contribution in [0.4, 0.5) is 5.69 Å². The summed E-state index contributed by atoms with van der Waals surface area (Å²) in [6.07, 6.45) is 0.765. The molecule has 2 amide bonds. The summed E-state index contributed by atoms with van der Waals surface area (Å²) in [5.41, 5.74) is 3.55. The number of nitrogens with one attached hydrogen (secondary N) is 1. The Kier molecular flexibility index (Phi) is 9.33. The van der Waals surface area contributed by atoms with Gasteiger partial charge in [-0.25, -0.2) is 0 Å². The van der Waals surface area contributed by atoms with E-state index in [1.54, 1.807) is 21.3 Å². The summed E-state index contributed by atoms with van der Waals surface area (Å²) in [6.45, 7) is 3.95. The first-order valence-corrected chi connectivity index (χ1v) is 11.9. The number of benzene rings is 3. The van der Waals surface area contributed by atoms with Crippen molar-refractivity contribution in [1.82, 2.24) is 4.90 Å². The number of nitrogens with zero attached hydrogens (tertiary/aromatic N) is 1. The van der Waals surface area contributed by atoms with E-state index in [0.29, 0.717) is 35.9 Å². The molecule has 190 valence electrons. The van der Waals surface area contributed by atoms with E-state index < -0.39 is 0 Å². The molecule has 7 heteroatoms. The van der Waals surface area contributed by atoms with Crippen LogP contribution in [0, 0.1) is 0 Å². The van der Waals surface area contributed by atoms with Crippen LogP contribution < -0.4 is 19.5 Å². The molecule has 0 saturated heterocycles. The third kappa shape index (κ3) is 6.56. The SMILES string of the molecule is COc1ccc(CCC(=O)N(Cc2ccccc2)C(C)c2cccc(NC(C)=O)c2)c(OC)c1OC. The van der Waals surface area contributed by atoms with Gasteiger partial charge >= 0.3 is 0 Å². The Labute approximate surface area is 213 Å². The predicted molar refractivity (Wildman–Crippen MR) is 141 cm³/mol. The minimum absolute atomic E-state index is 0.00752. The molecule has 1 unspecified atom stereocenters. The smallest absolute Gasteiger partial charge is 0.223 e. The van der Waals surface area contributed by atoms with Crippen LogP contribution in [0.1, 0.15) is 43.0 Å². The van der Waals surface area contributed by atoms with Crippen molar-refractivity contribution in [2.24, 2.45) is 0 Å². The van der Waals surface area contributed by atoms with Gasteiger partial charge in [-0.3, -0.25) is 9.59 Å². The number of rotatable bonds is 11. The molecule has 0 aliphatic carbocycles. The quantitative estimate of drug-likeness (QED) is 0.390. The van der Waals surface area contributed by atoms with E-state index in [-0.39, 0.29) is 24.3 Å². The fourth-order valence-electron chi connectivity index (χ4n) is 4.23. The van der Waals surface area contributed by atoms with Crippen molar-refractivity contribution in [3.05, 3.63) is 83.4 Å². The highest BCUT2D eigenvalue weighted by molar-refractivity contribution is 5.88. The van der Waals surface area contributed by atoms with E-state index >= 15 is 0 Å². The van der Waals surface area contributed by atoms with Crippen LogP contribution >= 0.6 is 0 Å². The van der Waals surface area contributed by atoms with E-state index in [1.165, 1.54) is 6.92 Å². The van der Waals surface area contributed by atoms with Crippen molar-refractivity contribution in [2.75, 3.05) is 26.6 Å². The molecular weight excluding hydrogens is 456 g/mol. The van der Waals surface area contributed by atoms with Gasteiger partial charge in [0.25, 0.3) is 0 Å². The lowest BCUT2D eigenvalue weighted by Crippen LogP contribution is -2.33. The van der Waals surface area contributed by atoms with E-state index in [1.807, 2.05) is 78.6 Å². The summed E-state index contributed by atoms with van der Waals surface area (Å²) in [6, 6.07) is 21.0. The van der Waals surface area contributed by atoms with Gasteiger partial charge in [0.05, 0.1) is 27.4 Å². The fraction of sp³-hybridized carbons (Fsp3) is 0.310. The number of methoxy groups -OCH3 is 3. The van der Waals surface area contributed by atoms with Crippen LogP contribution in [0.3, 0.4) is 0 Å². The Morgan fingerprint density at radius 1 is 0.889 bits per heavy atom. The Morgan fingerprint density at radius 3 is 2.25 bits per heavy atom. The normalized spacial score (nSPS) is 11.4. The van der Waals surface area contributed by atoms with Gasteiger partial charge in [0.15, 0.2) is 11.5 Å². The van der Waals surface area contributed by atoms with Gasteiger partial charge in [0.2, 0.25) is 17.6 Å². The number of carbonyl (C=O) groups excluding carboxylic acids is 2. The summed E-state index contributed by atoms with van der Waals surface area (Å²) < 4.78 is 16.5. The van der Waals surface area contributed by atoms with Crippen molar-refractivity contribution < 1.29 is 23.8 Å². The fourth-order valence-corrected chi connectivity index (χ4v) is 4.23. The molecule has 3 aromatic rings. The van der Waals surface area contributed by atoms with Crippen LogP contribution in [0.2, 0.25) is 0 Å². The highest BCUT2D eigenvalue weighted by atomic mass is 16.5. The number of ether oxygens (including phenoxy) is 3. The van der Waals surface area contributed by atoms with E-state index in [2.05, 4.69) is 5.32 Å². The first-order valence-electron chi connectivity index (χ1n) is 11.9. The molecule has 1 atom stereocenters. The van der Waals surface area contributed by atoms with Gasteiger partial charge in [0.1, 0.15) is 0 Å². The lowest BCUT2D eigenvalue weighted by atomic mass is 10.0. The molecule has 36 heavy (non-hydrogen) atoms. The summed E-state index contributed by atoms with van der Waals surface area (Å²) in [5, 5.41) is 2.82. The lowest BCUT2D eigenvalue weighted by Gasteiger charge is -2.30. The largest absolute Gasteiger partial charge is 0.493 e. The second-order valence-electron chi connectivity index (χ2n) is 8.48. The number of carbonyl (C=O) groups is 2. The van der Waals surface area contributed by atoms with Gasteiger partial charge < -0.3 is 24.4 Å². The summed E-state index contributed by atoms with van der Waals surface area (Å²) in [5.74, 6) is 1.52. The van der Waals surface area contributed by atoms with Gasteiger partial charge in [0, 0.05) is 25.6 Å². The molecule has 1 N–H and O–H groups in total. The van der Waals surface area contributed by atoms with E-state index in [4.69, 9.17) is 14.2 Å². The van der Waals surface area contributed by atoms with Gasteiger partial charge in [-0.1, -0.05) is 48.5 Å². The first-order chi connectivity index (χ1) is 17.4. The van der Waals surface area contributed by atoms with Crippen molar-refractivity contribution in [3.8, 4) is 17.2 Å². The van der Waals surface area contributed by atoms with Crippen molar-refractivity contribution in [2.45, 2.75) is 39.3 Å². The average molecular weight is 491 g/mol. The molecular formula is C29H34N2O5. The van der Waals surface area contributed by atoms with Crippen LogP contribution in [-0.2, 0) is 22.6 Å². The molecule has 0 heterocycles. The second-order valence-corrected chi connectivity index (χ2v) is 8.48.